The van der Waals surface area contributed by atoms with Crippen molar-refractivity contribution in [3.05, 3.63) is 34.7 Å². The largest absolute Gasteiger partial charge is 0.475 e. The van der Waals surface area contributed by atoms with Gasteiger partial charge >= 0.3 is 0 Å². The van der Waals surface area contributed by atoms with Gasteiger partial charge in [-0.05, 0) is 12.1 Å². The summed E-state index contributed by atoms with van der Waals surface area (Å²) in [5, 5.41) is 3.76. The van der Waals surface area contributed by atoms with Gasteiger partial charge in [0.25, 0.3) is 0 Å². The van der Waals surface area contributed by atoms with E-state index in [1.165, 1.54) is 6.42 Å². The molecule has 0 spiro atoms. The minimum Gasteiger partial charge on any atom is -0.475 e. The van der Waals surface area contributed by atoms with Gasteiger partial charge in [-0.1, -0.05) is 31.9 Å². The highest BCUT2D eigenvalue weighted by Gasteiger charge is 2.19. The van der Waals surface area contributed by atoms with Crippen molar-refractivity contribution in [3.63, 3.8) is 0 Å². The minimum atomic E-state index is 0.447. The van der Waals surface area contributed by atoms with Crippen LogP contribution in [0.4, 0.5) is 0 Å². The van der Waals surface area contributed by atoms with Gasteiger partial charge in [0, 0.05) is 43.9 Å². The summed E-state index contributed by atoms with van der Waals surface area (Å²) in [5.74, 6) is 1.22. The van der Waals surface area contributed by atoms with Crippen LogP contribution in [0, 0.1) is 0 Å². The van der Waals surface area contributed by atoms with Crippen LogP contribution in [-0.4, -0.2) is 41.8 Å². The second-order valence-electron chi connectivity index (χ2n) is 5.62. The maximum Gasteiger partial charge on any atom is 0.221 e. The zero-order valence-corrected chi connectivity index (χ0v) is 15.8. The number of fused-ring (bicyclic) bond motifs is 1. The zero-order chi connectivity index (χ0) is 18.1. The van der Waals surface area contributed by atoms with Gasteiger partial charge in [0.05, 0.1) is 12.3 Å². The van der Waals surface area contributed by atoms with E-state index < -0.39 is 0 Å². The number of aromatic nitrogens is 3. The third-order valence-corrected chi connectivity index (χ3v) is 3.63. The number of nitrogens with one attached hydrogen (secondary N) is 1. The quantitative estimate of drug-likeness (QED) is 0.648. The fourth-order valence-electron chi connectivity index (χ4n) is 2.29. The molecule has 0 radical (unpaired) electrons. The number of hydrogen-bond acceptors (Lipinski definition) is 6. The molecule has 0 atom stereocenters. The van der Waals surface area contributed by atoms with Gasteiger partial charge in [0.15, 0.2) is 5.82 Å². The second kappa shape index (κ2) is 10.3. The van der Waals surface area contributed by atoms with Crippen molar-refractivity contribution >= 4 is 11.6 Å². The third kappa shape index (κ3) is 5.63. The molecule has 6 nitrogen and oxygen atoms in total. The highest BCUT2D eigenvalue weighted by Crippen LogP contribution is 2.26. The van der Waals surface area contributed by atoms with Crippen LogP contribution in [-0.2, 0) is 17.7 Å². The van der Waals surface area contributed by atoms with Gasteiger partial charge in [-0.3, -0.25) is 0 Å². The summed E-state index contributed by atoms with van der Waals surface area (Å²) in [6, 6.07) is 3.59. The summed E-state index contributed by atoms with van der Waals surface area (Å²) in [4.78, 5) is 13.3. The van der Waals surface area contributed by atoms with E-state index in [2.05, 4.69) is 34.1 Å². The van der Waals surface area contributed by atoms with Crippen molar-refractivity contribution in [1.82, 2.24) is 20.3 Å². The molecule has 0 aliphatic carbocycles. The molecule has 7 heteroatoms. The first-order chi connectivity index (χ1) is 12.2. The summed E-state index contributed by atoms with van der Waals surface area (Å²) in [6.45, 7) is 6.85. The molecule has 2 aromatic heterocycles. The Morgan fingerprint density at radius 2 is 2.00 bits per heavy atom. The molecule has 3 rings (SSSR count). The lowest BCUT2D eigenvalue weighted by Gasteiger charge is -2.20. The van der Waals surface area contributed by atoms with Crippen LogP contribution >= 0.6 is 11.6 Å². The molecular formula is C18H25ClN4O2. The van der Waals surface area contributed by atoms with Gasteiger partial charge in [0.2, 0.25) is 5.88 Å². The smallest absolute Gasteiger partial charge is 0.221 e. The second-order valence-corrected chi connectivity index (χ2v) is 6.01. The lowest BCUT2D eigenvalue weighted by molar-refractivity contribution is 0.142. The third-order valence-electron chi connectivity index (χ3n) is 3.41. The molecule has 0 aromatic carbocycles. The van der Waals surface area contributed by atoms with E-state index in [1.807, 2.05) is 6.07 Å². The van der Waals surface area contributed by atoms with E-state index >= 15 is 0 Å². The number of pyridine rings is 1. The number of nitrogens with zero attached hydrogens (tertiary/aromatic N) is 3. The van der Waals surface area contributed by atoms with Crippen molar-refractivity contribution < 1.29 is 9.47 Å². The van der Waals surface area contributed by atoms with Crippen LogP contribution in [0.1, 0.15) is 31.5 Å². The Bertz CT molecular complexity index is 665. The van der Waals surface area contributed by atoms with Gasteiger partial charge in [-0.2, -0.15) is 4.98 Å². The lowest BCUT2D eigenvalue weighted by atomic mass is 10.1. The number of ether oxygens (including phenoxy) is 2. The molecular weight excluding hydrogens is 340 g/mol. The molecule has 1 N–H and O–H groups in total. The predicted octanol–water partition coefficient (Wildman–Crippen LogP) is 3.28. The van der Waals surface area contributed by atoms with Crippen LogP contribution in [0.15, 0.2) is 18.3 Å². The highest BCUT2D eigenvalue weighted by atomic mass is 35.5. The molecule has 0 saturated carbocycles. The first kappa shape index (κ1) is 19.6. The monoisotopic (exact) mass is 364 g/mol. The minimum absolute atomic E-state index is 0.447. The molecule has 0 unspecified atom stereocenters. The van der Waals surface area contributed by atoms with Crippen LogP contribution in [0.25, 0.3) is 11.4 Å². The topological polar surface area (TPSA) is 69.2 Å². The van der Waals surface area contributed by atoms with Gasteiger partial charge in [-0.25, -0.2) is 9.97 Å². The van der Waals surface area contributed by atoms with Crippen molar-refractivity contribution in [1.29, 1.82) is 0 Å². The summed E-state index contributed by atoms with van der Waals surface area (Å²) < 4.78 is 10.8. The van der Waals surface area contributed by atoms with Crippen molar-refractivity contribution in [2.75, 3.05) is 26.9 Å². The summed E-state index contributed by atoms with van der Waals surface area (Å²) >= 11 is 5.83. The first-order valence-electron chi connectivity index (χ1n) is 8.53. The number of rotatable bonds is 5. The maximum absolute atomic E-state index is 5.83. The molecule has 0 saturated heterocycles. The van der Waals surface area contributed by atoms with E-state index in [0.29, 0.717) is 30.1 Å². The van der Waals surface area contributed by atoms with Gasteiger partial charge in [0.1, 0.15) is 11.8 Å². The normalized spacial score (nSPS) is 12.8. The van der Waals surface area contributed by atoms with Crippen LogP contribution in [0.2, 0.25) is 5.15 Å². The van der Waals surface area contributed by atoms with Crippen LogP contribution in [0.3, 0.4) is 0 Å². The Labute approximate surface area is 154 Å². The molecule has 0 amide bonds. The molecule has 1 aliphatic heterocycles. The number of halogens is 1. The first-order valence-corrected chi connectivity index (χ1v) is 8.91. The Hall–Kier alpha value is -1.76. The van der Waals surface area contributed by atoms with E-state index in [9.17, 15) is 0 Å². The van der Waals surface area contributed by atoms with E-state index in [-0.39, 0.29) is 0 Å². The fourth-order valence-corrected chi connectivity index (χ4v) is 2.40. The van der Waals surface area contributed by atoms with Gasteiger partial charge in [-0.15, -0.1) is 0 Å². The summed E-state index contributed by atoms with van der Waals surface area (Å²) in [7, 11) is 1.64. The molecule has 3 heterocycles. The fraction of sp³-hybridized carbons (Fsp3) is 0.500. The average molecular weight is 365 g/mol. The highest BCUT2D eigenvalue weighted by molar-refractivity contribution is 6.29. The Morgan fingerprint density at radius 3 is 2.68 bits per heavy atom. The molecule has 0 bridgehead atoms. The Balaban J connectivity index is 0.000000701. The molecule has 0 fully saturated rings. The average Bonchev–Trinajstić information content (AvgIpc) is 2.63. The molecule has 25 heavy (non-hydrogen) atoms. The Kier molecular flexibility index (Phi) is 8.04. The van der Waals surface area contributed by atoms with E-state index in [0.717, 1.165) is 36.3 Å². The SMILES string of the molecule is CCC.COCCOc1nc(-c2ccc(Cl)nc2)nc2c1CNCC2. The van der Waals surface area contributed by atoms with E-state index in [4.69, 9.17) is 21.1 Å². The summed E-state index contributed by atoms with van der Waals surface area (Å²) in [5.41, 5.74) is 2.86. The molecule has 1 aliphatic rings. The van der Waals surface area contributed by atoms with Crippen molar-refractivity contribution in [2.24, 2.45) is 0 Å². The number of hydrogen-bond donors (Lipinski definition) is 1. The zero-order valence-electron chi connectivity index (χ0n) is 15.0. The predicted molar refractivity (Wildman–Crippen MR) is 99.0 cm³/mol. The lowest BCUT2D eigenvalue weighted by Crippen LogP contribution is -2.26. The number of methoxy groups -OCH3 is 1. The van der Waals surface area contributed by atoms with E-state index in [1.54, 1.807) is 19.4 Å². The molecule has 2 aromatic rings. The van der Waals surface area contributed by atoms with Crippen LogP contribution < -0.4 is 10.1 Å². The molecule has 136 valence electrons. The standard InChI is InChI=1S/C15H17ClN4O2.C3H8/c1-21-6-7-22-15-11-9-17-5-4-12(11)19-14(20-15)10-2-3-13(16)18-8-10;1-3-2/h2-3,8,17H,4-7,9H2,1H3;3H2,1-2H3. The van der Waals surface area contributed by atoms with Crippen molar-refractivity contribution in [2.45, 2.75) is 33.2 Å². The maximum atomic E-state index is 5.83. The summed E-state index contributed by atoms with van der Waals surface area (Å²) in [6.07, 6.45) is 3.77. The Morgan fingerprint density at radius 1 is 1.20 bits per heavy atom. The van der Waals surface area contributed by atoms with Crippen molar-refractivity contribution in [3.8, 4) is 17.3 Å². The van der Waals surface area contributed by atoms with Crippen LogP contribution in [0.5, 0.6) is 5.88 Å². The van der Waals surface area contributed by atoms with Gasteiger partial charge < -0.3 is 14.8 Å².